The van der Waals surface area contributed by atoms with Crippen LogP contribution in [0.25, 0.3) is 0 Å². The van der Waals surface area contributed by atoms with E-state index in [-0.39, 0.29) is 4.87 Å². The average Bonchev–Trinajstić information content (AvgIpc) is 1.88. The normalized spacial score (nSPS) is 41.7. The first-order chi connectivity index (χ1) is 4.66. The lowest BCUT2D eigenvalue weighted by Crippen LogP contribution is -2.30. The Hall–Kier alpha value is 0.770. The minimum absolute atomic E-state index is 0.0810. The molecular formula is C8H14BrCl. The molecule has 0 spiro atoms. The van der Waals surface area contributed by atoms with Gasteiger partial charge in [-0.3, -0.25) is 0 Å². The molecule has 1 fully saturated rings. The highest BCUT2D eigenvalue weighted by Crippen LogP contribution is 2.38. The standard InChI is InChI=1S/C8H14BrCl/c1-7-3-2-4-8(10,5-7)6-9/h7H,2-6H2,1H3/t7-,8+/m1/s1. The van der Waals surface area contributed by atoms with Crippen molar-refractivity contribution in [2.75, 3.05) is 5.33 Å². The monoisotopic (exact) mass is 224 g/mol. The highest BCUT2D eigenvalue weighted by atomic mass is 79.9. The summed E-state index contributed by atoms with van der Waals surface area (Å²) >= 11 is 9.77. The van der Waals surface area contributed by atoms with E-state index in [1.54, 1.807) is 0 Å². The molecule has 0 amide bonds. The molecule has 0 heterocycles. The third kappa shape index (κ3) is 2.13. The molecular weight excluding hydrogens is 211 g/mol. The van der Waals surface area contributed by atoms with E-state index >= 15 is 0 Å². The zero-order valence-electron chi connectivity index (χ0n) is 6.37. The van der Waals surface area contributed by atoms with Gasteiger partial charge in [0.2, 0.25) is 0 Å². The van der Waals surface area contributed by atoms with E-state index in [0.29, 0.717) is 0 Å². The highest BCUT2D eigenvalue weighted by Gasteiger charge is 2.31. The van der Waals surface area contributed by atoms with Crippen molar-refractivity contribution >= 4 is 27.5 Å². The summed E-state index contributed by atoms with van der Waals surface area (Å²) in [5, 5.41) is 0.950. The van der Waals surface area contributed by atoms with E-state index in [4.69, 9.17) is 11.6 Å². The fraction of sp³-hybridized carbons (Fsp3) is 1.00. The van der Waals surface area contributed by atoms with Crippen molar-refractivity contribution in [1.82, 2.24) is 0 Å². The first kappa shape index (κ1) is 8.86. The van der Waals surface area contributed by atoms with Gasteiger partial charge >= 0.3 is 0 Å². The second kappa shape index (κ2) is 3.44. The Balaban J connectivity index is 2.45. The largest absolute Gasteiger partial charge is 0.118 e. The van der Waals surface area contributed by atoms with Crippen molar-refractivity contribution < 1.29 is 0 Å². The van der Waals surface area contributed by atoms with E-state index in [9.17, 15) is 0 Å². The van der Waals surface area contributed by atoms with Crippen LogP contribution in [0.4, 0.5) is 0 Å². The maximum absolute atomic E-state index is 6.31. The van der Waals surface area contributed by atoms with Gasteiger partial charge in [0.05, 0.1) is 4.87 Å². The quantitative estimate of drug-likeness (QED) is 0.599. The fourth-order valence-electron chi connectivity index (χ4n) is 1.72. The van der Waals surface area contributed by atoms with Gasteiger partial charge in [-0.15, -0.1) is 11.6 Å². The summed E-state index contributed by atoms with van der Waals surface area (Å²) in [6.45, 7) is 2.29. The van der Waals surface area contributed by atoms with E-state index < -0.39 is 0 Å². The van der Waals surface area contributed by atoms with Gasteiger partial charge in [-0.25, -0.2) is 0 Å². The number of hydrogen-bond donors (Lipinski definition) is 0. The van der Waals surface area contributed by atoms with Gasteiger partial charge in [0.15, 0.2) is 0 Å². The molecule has 1 rings (SSSR count). The second-order valence-corrected chi connectivity index (χ2v) is 4.85. The van der Waals surface area contributed by atoms with Crippen LogP contribution in [-0.4, -0.2) is 10.2 Å². The van der Waals surface area contributed by atoms with Crippen molar-refractivity contribution in [1.29, 1.82) is 0 Å². The van der Waals surface area contributed by atoms with E-state index in [2.05, 4.69) is 22.9 Å². The Bertz CT molecular complexity index is 116. The first-order valence-corrected chi connectivity index (χ1v) is 5.41. The lowest BCUT2D eigenvalue weighted by molar-refractivity contribution is 0.328. The zero-order chi connectivity index (χ0) is 7.61. The molecule has 0 saturated heterocycles. The molecule has 0 N–H and O–H groups in total. The maximum atomic E-state index is 6.31. The van der Waals surface area contributed by atoms with Crippen LogP contribution in [0.15, 0.2) is 0 Å². The Morgan fingerprint density at radius 2 is 2.40 bits per heavy atom. The number of halogens is 2. The molecule has 10 heavy (non-hydrogen) atoms. The summed E-state index contributed by atoms with van der Waals surface area (Å²) < 4.78 is 0. The lowest BCUT2D eigenvalue weighted by atomic mass is 9.83. The van der Waals surface area contributed by atoms with Gasteiger partial charge in [0.25, 0.3) is 0 Å². The molecule has 0 aromatic carbocycles. The van der Waals surface area contributed by atoms with Crippen LogP contribution in [0.5, 0.6) is 0 Å². The van der Waals surface area contributed by atoms with Gasteiger partial charge in [-0.1, -0.05) is 35.7 Å². The van der Waals surface area contributed by atoms with Crippen LogP contribution in [-0.2, 0) is 0 Å². The maximum Gasteiger partial charge on any atom is 0.0545 e. The minimum Gasteiger partial charge on any atom is -0.118 e. The minimum atomic E-state index is 0.0810. The molecule has 60 valence electrons. The van der Waals surface area contributed by atoms with Gasteiger partial charge in [0.1, 0.15) is 0 Å². The second-order valence-electron chi connectivity index (χ2n) is 3.49. The first-order valence-electron chi connectivity index (χ1n) is 3.91. The van der Waals surface area contributed by atoms with Gasteiger partial charge in [-0.2, -0.15) is 0 Å². The van der Waals surface area contributed by atoms with E-state index in [1.165, 1.54) is 25.7 Å². The lowest BCUT2D eigenvalue weighted by Gasteiger charge is -2.33. The van der Waals surface area contributed by atoms with Crippen molar-refractivity contribution in [3.05, 3.63) is 0 Å². The predicted octanol–water partition coefficient (Wildman–Crippen LogP) is 3.57. The summed E-state index contributed by atoms with van der Waals surface area (Å²) in [4.78, 5) is 0.0810. The molecule has 0 unspecified atom stereocenters. The summed E-state index contributed by atoms with van der Waals surface area (Å²) in [6.07, 6.45) is 5.03. The topological polar surface area (TPSA) is 0 Å². The summed E-state index contributed by atoms with van der Waals surface area (Å²) in [6, 6.07) is 0. The van der Waals surface area contributed by atoms with Crippen LogP contribution in [0.3, 0.4) is 0 Å². The average molecular weight is 226 g/mol. The van der Waals surface area contributed by atoms with E-state index in [1.807, 2.05) is 0 Å². The van der Waals surface area contributed by atoms with Gasteiger partial charge < -0.3 is 0 Å². The van der Waals surface area contributed by atoms with Crippen LogP contribution in [0.2, 0.25) is 0 Å². The Morgan fingerprint density at radius 3 is 2.80 bits per heavy atom. The molecule has 2 atom stereocenters. The van der Waals surface area contributed by atoms with Gasteiger partial charge in [0, 0.05) is 5.33 Å². The number of alkyl halides is 2. The van der Waals surface area contributed by atoms with Crippen LogP contribution >= 0.6 is 27.5 Å². The van der Waals surface area contributed by atoms with Crippen LogP contribution in [0.1, 0.15) is 32.6 Å². The van der Waals surface area contributed by atoms with Crippen molar-refractivity contribution in [2.45, 2.75) is 37.5 Å². The summed E-state index contributed by atoms with van der Waals surface area (Å²) in [7, 11) is 0. The predicted molar refractivity (Wildman–Crippen MR) is 50.0 cm³/mol. The third-order valence-electron chi connectivity index (χ3n) is 2.28. The van der Waals surface area contributed by atoms with E-state index in [0.717, 1.165) is 11.2 Å². The molecule has 1 aliphatic rings. The number of hydrogen-bond acceptors (Lipinski definition) is 0. The van der Waals surface area contributed by atoms with Gasteiger partial charge in [-0.05, 0) is 18.8 Å². The third-order valence-corrected chi connectivity index (χ3v) is 4.15. The van der Waals surface area contributed by atoms with Crippen molar-refractivity contribution in [2.24, 2.45) is 5.92 Å². The molecule has 1 saturated carbocycles. The molecule has 0 aliphatic heterocycles. The van der Waals surface area contributed by atoms with Crippen LogP contribution in [0, 0.1) is 5.92 Å². The molecule has 0 bridgehead atoms. The Morgan fingerprint density at radius 1 is 1.70 bits per heavy atom. The van der Waals surface area contributed by atoms with Crippen molar-refractivity contribution in [3.63, 3.8) is 0 Å². The Labute approximate surface area is 76.5 Å². The molecule has 0 aromatic heterocycles. The fourth-order valence-corrected chi connectivity index (χ4v) is 2.62. The molecule has 2 heteroatoms. The highest BCUT2D eigenvalue weighted by molar-refractivity contribution is 9.09. The SMILES string of the molecule is C[C@@H]1CCC[C@@](Cl)(CBr)C1. The zero-order valence-corrected chi connectivity index (χ0v) is 8.71. The Kier molecular flexibility index (Phi) is 3.05. The molecule has 0 nitrogen and oxygen atoms in total. The number of rotatable bonds is 1. The molecule has 1 aliphatic carbocycles. The molecule has 0 aromatic rings. The summed E-state index contributed by atoms with van der Waals surface area (Å²) in [5.41, 5.74) is 0. The smallest absolute Gasteiger partial charge is 0.0545 e. The van der Waals surface area contributed by atoms with Crippen molar-refractivity contribution in [3.8, 4) is 0 Å². The molecule has 0 radical (unpaired) electrons. The summed E-state index contributed by atoms with van der Waals surface area (Å²) in [5.74, 6) is 0.823. The van der Waals surface area contributed by atoms with Crippen LogP contribution < -0.4 is 0 Å².